The van der Waals surface area contributed by atoms with Crippen molar-refractivity contribution in [1.29, 1.82) is 0 Å². The van der Waals surface area contributed by atoms with Gasteiger partial charge in [-0.2, -0.15) is 5.10 Å². The summed E-state index contributed by atoms with van der Waals surface area (Å²) >= 11 is 6.11. The zero-order valence-corrected chi connectivity index (χ0v) is 14.4. The van der Waals surface area contributed by atoms with Gasteiger partial charge in [0.1, 0.15) is 6.33 Å². The first-order valence-electron chi connectivity index (χ1n) is 8.64. The van der Waals surface area contributed by atoms with Gasteiger partial charge in [-0.3, -0.25) is 0 Å². The van der Waals surface area contributed by atoms with Crippen LogP contribution in [-0.4, -0.2) is 29.4 Å². The zero-order valence-electron chi connectivity index (χ0n) is 13.6. The summed E-state index contributed by atoms with van der Waals surface area (Å²) in [7, 11) is 0. The fourth-order valence-electron chi connectivity index (χ4n) is 3.67. The Kier molecular flexibility index (Phi) is 3.45. The van der Waals surface area contributed by atoms with Gasteiger partial charge in [-0.25, -0.2) is 19.2 Å². The van der Waals surface area contributed by atoms with Crippen LogP contribution in [0.4, 0.5) is 0 Å². The van der Waals surface area contributed by atoms with E-state index in [2.05, 4.69) is 15.2 Å². The van der Waals surface area contributed by atoms with E-state index in [0.29, 0.717) is 10.9 Å². The molecule has 6 nitrogen and oxygen atoms in total. The van der Waals surface area contributed by atoms with Gasteiger partial charge in [0.15, 0.2) is 17.1 Å². The molecule has 25 heavy (non-hydrogen) atoms. The molecular weight excluding hydrogens is 336 g/mol. The van der Waals surface area contributed by atoms with Gasteiger partial charge in [0.2, 0.25) is 0 Å². The molecule has 1 aliphatic rings. The number of rotatable bonds is 2. The summed E-state index contributed by atoms with van der Waals surface area (Å²) in [6, 6.07) is 7.58. The normalized spacial score (nSPS) is 16.0. The standard InChI is InChI=1S/C18H17ClN6/c19-13-7-4-8-14(9-13)25-17-15(10-21-25)18-22-16(23-24(18)11-20-17)12-5-2-1-3-6-12/h4,7-12H,1-3,5-6H2. The number of nitrogens with zero attached hydrogens (tertiary/aromatic N) is 6. The Hall–Kier alpha value is -2.47. The molecular formula is C18H17ClN6. The Balaban J connectivity index is 1.64. The fourth-order valence-corrected chi connectivity index (χ4v) is 3.85. The summed E-state index contributed by atoms with van der Waals surface area (Å²) in [6.07, 6.45) is 9.73. The second kappa shape index (κ2) is 5.81. The number of hydrogen-bond acceptors (Lipinski definition) is 4. The van der Waals surface area contributed by atoms with E-state index in [0.717, 1.165) is 28.2 Å². The molecule has 0 radical (unpaired) electrons. The van der Waals surface area contributed by atoms with Crippen molar-refractivity contribution < 1.29 is 0 Å². The van der Waals surface area contributed by atoms with Gasteiger partial charge in [-0.15, -0.1) is 5.10 Å². The van der Waals surface area contributed by atoms with Crippen molar-refractivity contribution in [2.45, 2.75) is 38.0 Å². The molecule has 5 rings (SSSR count). The molecule has 1 aliphatic carbocycles. The molecule has 3 aromatic heterocycles. The summed E-state index contributed by atoms with van der Waals surface area (Å²) in [5.74, 6) is 1.40. The number of benzene rings is 1. The highest BCUT2D eigenvalue weighted by Crippen LogP contribution is 2.31. The second-order valence-electron chi connectivity index (χ2n) is 6.59. The quantitative estimate of drug-likeness (QED) is 0.543. The van der Waals surface area contributed by atoms with Crippen LogP contribution in [0.15, 0.2) is 36.8 Å². The Morgan fingerprint density at radius 3 is 2.80 bits per heavy atom. The SMILES string of the molecule is Clc1cccc(-n2ncc3c2ncn2nc(C4CCCCC4)nc32)c1. The lowest BCUT2D eigenvalue weighted by Gasteiger charge is -2.17. The van der Waals surface area contributed by atoms with Crippen molar-refractivity contribution >= 4 is 28.3 Å². The smallest absolute Gasteiger partial charge is 0.170 e. The first kappa shape index (κ1) is 14.8. The van der Waals surface area contributed by atoms with E-state index in [4.69, 9.17) is 16.6 Å². The van der Waals surface area contributed by atoms with E-state index in [1.165, 1.54) is 32.1 Å². The number of fused-ring (bicyclic) bond motifs is 3. The molecule has 0 N–H and O–H groups in total. The zero-order chi connectivity index (χ0) is 16.8. The highest BCUT2D eigenvalue weighted by molar-refractivity contribution is 6.30. The minimum Gasteiger partial charge on any atom is -0.216 e. The Morgan fingerprint density at radius 1 is 1.08 bits per heavy atom. The first-order valence-corrected chi connectivity index (χ1v) is 9.02. The molecule has 0 atom stereocenters. The van der Waals surface area contributed by atoms with Crippen LogP contribution in [0.5, 0.6) is 0 Å². The fraction of sp³-hybridized carbons (Fsp3) is 0.333. The van der Waals surface area contributed by atoms with Crippen LogP contribution in [0.1, 0.15) is 43.8 Å². The molecule has 0 aliphatic heterocycles. The van der Waals surface area contributed by atoms with E-state index in [9.17, 15) is 0 Å². The Morgan fingerprint density at radius 2 is 1.96 bits per heavy atom. The highest BCUT2D eigenvalue weighted by atomic mass is 35.5. The summed E-state index contributed by atoms with van der Waals surface area (Å²) in [5.41, 5.74) is 2.46. The van der Waals surface area contributed by atoms with E-state index in [1.807, 2.05) is 24.3 Å². The average Bonchev–Trinajstić information content (AvgIpc) is 3.26. The first-order chi connectivity index (χ1) is 12.3. The predicted molar refractivity (Wildman–Crippen MR) is 96.2 cm³/mol. The predicted octanol–water partition coefficient (Wildman–Crippen LogP) is 4.16. The van der Waals surface area contributed by atoms with Crippen LogP contribution >= 0.6 is 11.6 Å². The third kappa shape index (κ3) is 2.48. The van der Waals surface area contributed by atoms with Crippen LogP contribution in [0, 0.1) is 0 Å². The number of aromatic nitrogens is 6. The lowest BCUT2D eigenvalue weighted by molar-refractivity contribution is 0.429. The molecule has 0 amide bonds. The molecule has 126 valence electrons. The third-order valence-corrected chi connectivity index (χ3v) is 5.18. The van der Waals surface area contributed by atoms with Crippen molar-refractivity contribution in [2.24, 2.45) is 0 Å². The lowest BCUT2D eigenvalue weighted by Crippen LogP contribution is -2.06. The van der Waals surface area contributed by atoms with Crippen molar-refractivity contribution in [3.05, 3.63) is 47.6 Å². The monoisotopic (exact) mass is 352 g/mol. The molecule has 0 unspecified atom stereocenters. The molecule has 1 fully saturated rings. The average molecular weight is 353 g/mol. The van der Waals surface area contributed by atoms with Crippen molar-refractivity contribution in [1.82, 2.24) is 29.4 Å². The number of hydrogen-bond donors (Lipinski definition) is 0. The summed E-state index contributed by atoms with van der Waals surface area (Å²) in [5, 5.41) is 10.7. The van der Waals surface area contributed by atoms with Gasteiger partial charge in [-0.05, 0) is 31.0 Å². The van der Waals surface area contributed by atoms with Gasteiger partial charge in [0.25, 0.3) is 0 Å². The Labute approximate surface area is 149 Å². The van der Waals surface area contributed by atoms with E-state index in [1.54, 1.807) is 21.7 Å². The minimum atomic E-state index is 0.465. The van der Waals surface area contributed by atoms with Crippen LogP contribution in [0.3, 0.4) is 0 Å². The molecule has 0 saturated heterocycles. The summed E-state index contributed by atoms with van der Waals surface area (Å²) < 4.78 is 3.56. The second-order valence-corrected chi connectivity index (χ2v) is 7.03. The van der Waals surface area contributed by atoms with Gasteiger partial charge >= 0.3 is 0 Å². The maximum absolute atomic E-state index is 6.11. The highest BCUT2D eigenvalue weighted by Gasteiger charge is 2.21. The summed E-state index contributed by atoms with van der Waals surface area (Å²) in [6.45, 7) is 0. The third-order valence-electron chi connectivity index (χ3n) is 4.94. The molecule has 7 heteroatoms. The summed E-state index contributed by atoms with van der Waals surface area (Å²) in [4.78, 5) is 9.37. The molecule has 4 aromatic rings. The largest absolute Gasteiger partial charge is 0.216 e. The molecule has 1 aromatic carbocycles. The van der Waals surface area contributed by atoms with Gasteiger partial charge in [0, 0.05) is 10.9 Å². The van der Waals surface area contributed by atoms with Gasteiger partial charge in [-0.1, -0.05) is 36.9 Å². The van der Waals surface area contributed by atoms with Crippen LogP contribution in [0.2, 0.25) is 5.02 Å². The van der Waals surface area contributed by atoms with Gasteiger partial charge in [0.05, 0.1) is 17.3 Å². The van der Waals surface area contributed by atoms with Crippen molar-refractivity contribution in [3.63, 3.8) is 0 Å². The van der Waals surface area contributed by atoms with E-state index >= 15 is 0 Å². The number of halogens is 1. The molecule has 3 heterocycles. The van der Waals surface area contributed by atoms with Crippen LogP contribution in [-0.2, 0) is 0 Å². The lowest BCUT2D eigenvalue weighted by atomic mass is 9.89. The van der Waals surface area contributed by atoms with E-state index < -0.39 is 0 Å². The van der Waals surface area contributed by atoms with Crippen molar-refractivity contribution in [2.75, 3.05) is 0 Å². The molecule has 0 bridgehead atoms. The Bertz CT molecular complexity index is 1060. The maximum Gasteiger partial charge on any atom is 0.170 e. The maximum atomic E-state index is 6.11. The topological polar surface area (TPSA) is 60.9 Å². The molecule has 1 saturated carbocycles. The molecule has 0 spiro atoms. The minimum absolute atomic E-state index is 0.465. The van der Waals surface area contributed by atoms with Crippen LogP contribution in [0.25, 0.3) is 22.4 Å². The van der Waals surface area contributed by atoms with Gasteiger partial charge < -0.3 is 0 Å². The van der Waals surface area contributed by atoms with E-state index in [-0.39, 0.29) is 0 Å². The van der Waals surface area contributed by atoms with Crippen LogP contribution < -0.4 is 0 Å². The van der Waals surface area contributed by atoms with Crippen molar-refractivity contribution in [3.8, 4) is 5.69 Å².